The normalized spacial score (nSPS) is 29.4. The summed E-state index contributed by atoms with van der Waals surface area (Å²) in [6.45, 7) is 9.22. The molecule has 2 aliphatic carbocycles. The van der Waals surface area contributed by atoms with Gasteiger partial charge in [0.1, 0.15) is 0 Å². The van der Waals surface area contributed by atoms with Gasteiger partial charge in [0.25, 0.3) is 0 Å². The first kappa shape index (κ1) is 24.1. The lowest BCUT2D eigenvalue weighted by atomic mass is 9.43. The Bertz CT molecular complexity index is 1520. The van der Waals surface area contributed by atoms with Crippen LogP contribution in [0.4, 0.5) is 0 Å². The molecular formula is C27H31N3O6. The van der Waals surface area contributed by atoms with Crippen LogP contribution in [0.1, 0.15) is 58.6 Å². The number of phenolic OH excluding ortho intramolecular Hbond substituents is 1. The minimum atomic E-state index is -1.24. The van der Waals surface area contributed by atoms with Crippen LogP contribution in [0.5, 0.6) is 11.5 Å². The molecule has 0 radical (unpaired) electrons. The number of hydrogen-bond donors (Lipinski definition) is 1. The monoisotopic (exact) mass is 493 g/mol. The third-order valence-corrected chi connectivity index (χ3v) is 8.95. The zero-order valence-corrected chi connectivity index (χ0v) is 21.4. The lowest BCUT2D eigenvalue weighted by Crippen LogP contribution is -2.61. The van der Waals surface area contributed by atoms with Crippen LogP contribution in [-0.4, -0.2) is 37.2 Å². The maximum absolute atomic E-state index is 14.1. The van der Waals surface area contributed by atoms with Crippen LogP contribution in [0, 0.1) is 10.8 Å². The number of benzene rings is 1. The molecule has 1 saturated carbocycles. The quantitative estimate of drug-likeness (QED) is 0.658. The molecule has 4 unspecified atom stereocenters. The van der Waals surface area contributed by atoms with Crippen LogP contribution in [0.2, 0.25) is 0 Å². The number of hydrogen-bond acceptors (Lipinski definition) is 6. The summed E-state index contributed by atoms with van der Waals surface area (Å²) in [6.07, 6.45) is 2.04. The van der Waals surface area contributed by atoms with Gasteiger partial charge < -0.3 is 9.84 Å². The van der Waals surface area contributed by atoms with Gasteiger partial charge >= 0.3 is 11.4 Å². The fraction of sp³-hybridized carbons (Fsp3) is 0.481. The number of rotatable bonds is 3. The number of allylic oxidation sites excluding steroid dienone is 4. The number of carbonyl (C=O) groups is 2. The topological polar surface area (TPSA) is 113 Å². The second kappa shape index (κ2) is 7.69. The Morgan fingerprint density at radius 2 is 1.72 bits per heavy atom. The summed E-state index contributed by atoms with van der Waals surface area (Å²) in [4.78, 5) is 54.0. The zero-order chi connectivity index (χ0) is 26.3. The minimum absolute atomic E-state index is 0.0953. The van der Waals surface area contributed by atoms with Crippen molar-refractivity contribution in [2.75, 3.05) is 6.61 Å². The Balaban J connectivity index is 1.86. The zero-order valence-electron chi connectivity index (χ0n) is 21.4. The fourth-order valence-electron chi connectivity index (χ4n) is 6.69. The van der Waals surface area contributed by atoms with Gasteiger partial charge in [-0.15, -0.1) is 0 Å². The van der Waals surface area contributed by atoms with Crippen molar-refractivity contribution in [3.8, 4) is 11.5 Å². The molecule has 36 heavy (non-hydrogen) atoms. The second-order valence-electron chi connectivity index (χ2n) is 10.5. The Kier molecular flexibility index (Phi) is 5.14. The highest BCUT2D eigenvalue weighted by Crippen LogP contribution is 2.67. The molecule has 2 aromatic rings. The highest BCUT2D eigenvalue weighted by molar-refractivity contribution is 6.17. The van der Waals surface area contributed by atoms with Gasteiger partial charge in [0.15, 0.2) is 23.1 Å². The largest absolute Gasteiger partial charge is 0.504 e. The number of fused-ring (bicyclic) bond motifs is 4. The van der Waals surface area contributed by atoms with Crippen molar-refractivity contribution in [2.24, 2.45) is 17.9 Å². The third kappa shape index (κ3) is 2.71. The number of aromatic hydroxyl groups is 1. The number of ketones is 2. The maximum Gasteiger partial charge on any atom is 0.347 e. The van der Waals surface area contributed by atoms with Crippen molar-refractivity contribution < 1.29 is 19.4 Å². The molecule has 1 aromatic heterocycles. The van der Waals surface area contributed by atoms with E-state index in [4.69, 9.17) is 4.74 Å². The highest BCUT2D eigenvalue weighted by atomic mass is 16.5. The molecular weight excluding hydrogens is 462 g/mol. The average molecular weight is 494 g/mol. The number of phenols is 1. The first-order valence-electron chi connectivity index (χ1n) is 12.2. The number of Topliss-reactive ketones (excluding diaryl/α,β-unsaturated/α-hetero) is 2. The van der Waals surface area contributed by atoms with Gasteiger partial charge in [0.2, 0.25) is 0 Å². The van der Waals surface area contributed by atoms with E-state index in [0.29, 0.717) is 23.3 Å². The number of aromatic nitrogens is 3. The molecule has 3 aliphatic rings. The van der Waals surface area contributed by atoms with Crippen LogP contribution >= 0.6 is 0 Å². The van der Waals surface area contributed by atoms with Gasteiger partial charge in [0, 0.05) is 23.9 Å². The Hall–Kier alpha value is -3.62. The van der Waals surface area contributed by atoms with E-state index in [1.807, 2.05) is 13.0 Å². The van der Waals surface area contributed by atoms with Crippen molar-refractivity contribution in [1.29, 1.82) is 0 Å². The molecule has 190 valence electrons. The van der Waals surface area contributed by atoms with E-state index < -0.39 is 34.2 Å². The lowest BCUT2D eigenvalue weighted by Gasteiger charge is -2.58. The van der Waals surface area contributed by atoms with Gasteiger partial charge in [-0.3, -0.25) is 9.59 Å². The predicted octanol–water partition coefficient (Wildman–Crippen LogP) is 2.62. The van der Waals surface area contributed by atoms with E-state index in [2.05, 4.69) is 0 Å². The van der Waals surface area contributed by atoms with Crippen LogP contribution in [0.15, 0.2) is 50.6 Å². The summed E-state index contributed by atoms with van der Waals surface area (Å²) in [5.74, 6) is -0.851. The average Bonchev–Trinajstić information content (AvgIpc) is 3.08. The Morgan fingerprint density at radius 1 is 1.06 bits per heavy atom. The molecule has 1 N–H and O–H groups in total. The minimum Gasteiger partial charge on any atom is -0.504 e. The summed E-state index contributed by atoms with van der Waals surface area (Å²) in [7, 11) is 1.43. The van der Waals surface area contributed by atoms with E-state index in [9.17, 15) is 24.3 Å². The van der Waals surface area contributed by atoms with E-state index in [-0.39, 0.29) is 36.0 Å². The molecule has 1 fully saturated rings. The summed E-state index contributed by atoms with van der Waals surface area (Å²) in [5.41, 5.74) is -1.34. The third-order valence-electron chi connectivity index (χ3n) is 8.95. The Labute approximate surface area is 208 Å². The molecule has 0 saturated heterocycles. The van der Waals surface area contributed by atoms with Crippen molar-refractivity contribution in [1.82, 2.24) is 13.9 Å². The standard InChI is InChI=1S/C27H31N3O6/c1-7-36-19-10-8-9-17(21(19)31)20-16-11-12-29-24(34)28(6)25(35)30(29)18(16)13-26(4)22(32)14(2)15(3)23(33)27(20,26)5/h8-11,18,20,31H,7,12-13H2,1-6H3. The number of nitrogens with zero attached hydrogens (tertiary/aromatic N) is 3. The fourth-order valence-corrected chi connectivity index (χ4v) is 6.69. The lowest BCUT2D eigenvalue weighted by molar-refractivity contribution is -0.151. The second-order valence-corrected chi connectivity index (χ2v) is 10.5. The van der Waals surface area contributed by atoms with E-state index in [1.54, 1.807) is 45.9 Å². The summed E-state index contributed by atoms with van der Waals surface area (Å²) >= 11 is 0. The first-order chi connectivity index (χ1) is 16.9. The molecule has 1 aromatic carbocycles. The van der Waals surface area contributed by atoms with Gasteiger partial charge in [0.05, 0.1) is 24.6 Å². The molecule has 4 atom stereocenters. The molecule has 9 heteroatoms. The van der Waals surface area contributed by atoms with Crippen LogP contribution in [0.3, 0.4) is 0 Å². The van der Waals surface area contributed by atoms with Crippen LogP contribution < -0.4 is 16.1 Å². The smallest absolute Gasteiger partial charge is 0.347 e. The molecule has 2 heterocycles. The van der Waals surface area contributed by atoms with Crippen molar-refractivity contribution in [3.05, 3.63) is 67.5 Å². The molecule has 5 rings (SSSR count). The molecule has 9 nitrogen and oxygen atoms in total. The molecule has 0 bridgehead atoms. The van der Waals surface area contributed by atoms with Gasteiger partial charge in [-0.1, -0.05) is 32.1 Å². The van der Waals surface area contributed by atoms with Gasteiger partial charge in [-0.05, 0) is 50.0 Å². The van der Waals surface area contributed by atoms with Gasteiger partial charge in [-0.25, -0.2) is 23.5 Å². The van der Waals surface area contributed by atoms with Gasteiger partial charge in [-0.2, -0.15) is 0 Å². The molecule has 0 amide bonds. The van der Waals surface area contributed by atoms with Crippen LogP contribution in [0.25, 0.3) is 0 Å². The van der Waals surface area contributed by atoms with E-state index >= 15 is 0 Å². The Morgan fingerprint density at radius 3 is 2.39 bits per heavy atom. The molecule has 0 spiro atoms. The summed E-state index contributed by atoms with van der Waals surface area (Å²) < 4.78 is 9.49. The number of ether oxygens (including phenoxy) is 1. The summed E-state index contributed by atoms with van der Waals surface area (Å²) in [6, 6.07) is 4.51. The maximum atomic E-state index is 14.1. The predicted molar refractivity (Wildman–Crippen MR) is 132 cm³/mol. The molecule has 1 aliphatic heterocycles. The van der Waals surface area contributed by atoms with Crippen molar-refractivity contribution >= 4 is 11.6 Å². The van der Waals surface area contributed by atoms with Crippen LogP contribution in [-0.2, 0) is 23.2 Å². The summed E-state index contributed by atoms with van der Waals surface area (Å²) in [5, 5.41) is 11.3. The van der Waals surface area contributed by atoms with E-state index in [0.717, 1.165) is 10.1 Å². The van der Waals surface area contributed by atoms with E-state index in [1.165, 1.54) is 16.4 Å². The van der Waals surface area contributed by atoms with Crippen molar-refractivity contribution in [3.63, 3.8) is 0 Å². The highest BCUT2D eigenvalue weighted by Gasteiger charge is 2.67. The first-order valence-corrected chi connectivity index (χ1v) is 12.2. The number of carbonyl (C=O) groups excluding carboxylic acids is 2. The van der Waals surface area contributed by atoms with Crippen molar-refractivity contribution in [2.45, 2.75) is 59.5 Å². The number of para-hydroxylation sites is 1. The SMILES string of the molecule is CCOc1cccc(C2C3=CCn4c(=O)n(C)c(=O)n4C3CC3(C)C(=O)C(C)=C(C)C(=O)C23C)c1O.